The molecule has 0 unspecified atom stereocenters. The Bertz CT molecular complexity index is 369. The van der Waals surface area contributed by atoms with Crippen LogP contribution in [-0.4, -0.2) is 18.3 Å². The molecule has 0 aliphatic heterocycles. The van der Waals surface area contributed by atoms with Crippen molar-refractivity contribution in [2.45, 2.75) is 39.2 Å². The van der Waals surface area contributed by atoms with Crippen molar-refractivity contribution in [2.75, 3.05) is 13.2 Å². The first-order valence-electron chi connectivity index (χ1n) is 6.51. The van der Waals surface area contributed by atoms with Crippen molar-refractivity contribution in [3.63, 3.8) is 0 Å². The lowest BCUT2D eigenvalue weighted by Crippen LogP contribution is -2.31. The van der Waals surface area contributed by atoms with Crippen LogP contribution in [0.4, 0.5) is 0 Å². The van der Waals surface area contributed by atoms with Gasteiger partial charge in [-0.15, -0.1) is 0 Å². The van der Waals surface area contributed by atoms with E-state index in [2.05, 4.69) is 43.4 Å². The predicted octanol–water partition coefficient (Wildman–Crippen LogP) is 2.67. The molecular weight excluding hydrogens is 210 g/mol. The average molecular weight is 233 g/mol. The number of benzene rings is 1. The molecule has 94 valence electrons. The normalized spacial score (nSPS) is 16.2. The summed E-state index contributed by atoms with van der Waals surface area (Å²) in [4.78, 5) is 0. The van der Waals surface area contributed by atoms with Gasteiger partial charge < -0.3 is 10.4 Å². The second-order valence-electron chi connectivity index (χ2n) is 5.95. The Morgan fingerprint density at radius 1 is 1.35 bits per heavy atom. The summed E-state index contributed by atoms with van der Waals surface area (Å²) in [6.45, 7) is 6.10. The predicted molar refractivity (Wildman–Crippen MR) is 71.0 cm³/mol. The average Bonchev–Trinajstić information content (AvgIpc) is 3.13. The van der Waals surface area contributed by atoms with Gasteiger partial charge in [-0.3, -0.25) is 0 Å². The van der Waals surface area contributed by atoms with Gasteiger partial charge in [-0.1, -0.05) is 38.1 Å². The molecule has 17 heavy (non-hydrogen) atoms. The summed E-state index contributed by atoms with van der Waals surface area (Å²) in [6, 6.07) is 8.88. The van der Waals surface area contributed by atoms with Gasteiger partial charge in [0.15, 0.2) is 0 Å². The molecule has 1 aromatic rings. The zero-order valence-corrected chi connectivity index (χ0v) is 10.9. The third-order valence-electron chi connectivity index (χ3n) is 3.36. The highest BCUT2D eigenvalue weighted by molar-refractivity contribution is 5.29. The maximum Gasteiger partial charge on any atom is 0.0494 e. The van der Waals surface area contributed by atoms with Crippen molar-refractivity contribution in [1.82, 2.24) is 5.32 Å². The smallest absolute Gasteiger partial charge is 0.0494 e. The van der Waals surface area contributed by atoms with E-state index in [9.17, 15) is 5.11 Å². The molecule has 1 fully saturated rings. The lowest BCUT2D eigenvalue weighted by atomic mass is 9.95. The molecule has 0 spiro atoms. The largest absolute Gasteiger partial charge is 0.396 e. The van der Waals surface area contributed by atoms with E-state index in [0.29, 0.717) is 0 Å². The number of hydrogen-bond acceptors (Lipinski definition) is 2. The summed E-state index contributed by atoms with van der Waals surface area (Å²) in [7, 11) is 0. The highest BCUT2D eigenvalue weighted by atomic mass is 16.3. The first-order valence-corrected chi connectivity index (χ1v) is 6.51. The van der Waals surface area contributed by atoms with Gasteiger partial charge in [-0.05, 0) is 29.9 Å². The van der Waals surface area contributed by atoms with Crippen LogP contribution >= 0.6 is 0 Å². The van der Waals surface area contributed by atoms with Crippen LogP contribution in [0.25, 0.3) is 0 Å². The lowest BCUT2D eigenvalue weighted by molar-refractivity contribution is 0.156. The molecule has 0 saturated heterocycles. The van der Waals surface area contributed by atoms with E-state index in [0.717, 1.165) is 19.0 Å². The van der Waals surface area contributed by atoms with Gasteiger partial charge in [0.05, 0.1) is 0 Å². The van der Waals surface area contributed by atoms with Gasteiger partial charge in [0.2, 0.25) is 0 Å². The number of nitrogens with one attached hydrogen (secondary N) is 1. The Morgan fingerprint density at radius 3 is 2.76 bits per heavy atom. The third kappa shape index (κ3) is 3.83. The van der Waals surface area contributed by atoms with E-state index < -0.39 is 0 Å². The molecule has 0 heterocycles. The molecule has 0 radical (unpaired) electrons. The SMILES string of the molecule is CC(C)(CO)CNCc1cccc(C2CC2)c1. The minimum absolute atomic E-state index is 0.0336. The Hall–Kier alpha value is -0.860. The van der Waals surface area contributed by atoms with Crippen molar-refractivity contribution in [3.8, 4) is 0 Å². The summed E-state index contributed by atoms with van der Waals surface area (Å²) < 4.78 is 0. The maximum absolute atomic E-state index is 9.18. The van der Waals surface area contributed by atoms with Crippen LogP contribution in [0.15, 0.2) is 24.3 Å². The first kappa shape index (κ1) is 12.6. The molecule has 0 aromatic heterocycles. The van der Waals surface area contributed by atoms with Crippen LogP contribution < -0.4 is 5.32 Å². The molecule has 0 amide bonds. The quantitative estimate of drug-likeness (QED) is 0.791. The van der Waals surface area contributed by atoms with E-state index in [-0.39, 0.29) is 12.0 Å². The molecule has 0 atom stereocenters. The Kier molecular flexibility index (Phi) is 3.85. The zero-order valence-electron chi connectivity index (χ0n) is 10.9. The fraction of sp³-hybridized carbons (Fsp3) is 0.600. The molecule has 2 rings (SSSR count). The second kappa shape index (κ2) is 5.19. The second-order valence-corrected chi connectivity index (χ2v) is 5.95. The van der Waals surface area contributed by atoms with Gasteiger partial charge in [0.1, 0.15) is 0 Å². The van der Waals surface area contributed by atoms with E-state index in [1.807, 2.05) is 0 Å². The van der Waals surface area contributed by atoms with Crippen LogP contribution in [0, 0.1) is 5.41 Å². The summed E-state index contributed by atoms with van der Waals surface area (Å²) in [5.41, 5.74) is 2.81. The highest BCUT2D eigenvalue weighted by Gasteiger charge is 2.23. The van der Waals surface area contributed by atoms with E-state index in [1.54, 1.807) is 0 Å². The van der Waals surface area contributed by atoms with Gasteiger partial charge in [-0.2, -0.15) is 0 Å². The molecule has 1 aliphatic carbocycles. The van der Waals surface area contributed by atoms with Crippen LogP contribution in [0.2, 0.25) is 0 Å². The summed E-state index contributed by atoms with van der Waals surface area (Å²) in [5.74, 6) is 0.823. The fourth-order valence-corrected chi connectivity index (χ4v) is 1.97. The van der Waals surface area contributed by atoms with Gasteiger partial charge in [0, 0.05) is 25.1 Å². The third-order valence-corrected chi connectivity index (χ3v) is 3.36. The standard InChI is InChI=1S/C15H23NO/c1-15(2,11-17)10-16-9-12-4-3-5-14(8-12)13-6-7-13/h3-5,8,13,16-17H,6-7,9-11H2,1-2H3. The number of rotatable bonds is 6. The molecule has 2 N–H and O–H groups in total. The topological polar surface area (TPSA) is 32.3 Å². The van der Waals surface area contributed by atoms with Crippen molar-refractivity contribution in [2.24, 2.45) is 5.41 Å². The zero-order chi connectivity index (χ0) is 12.3. The van der Waals surface area contributed by atoms with Crippen molar-refractivity contribution in [3.05, 3.63) is 35.4 Å². The van der Waals surface area contributed by atoms with Crippen LogP contribution in [0.5, 0.6) is 0 Å². The Labute approximate surface area is 104 Å². The van der Waals surface area contributed by atoms with Crippen molar-refractivity contribution < 1.29 is 5.11 Å². The summed E-state index contributed by atoms with van der Waals surface area (Å²) in [5, 5.41) is 12.6. The Morgan fingerprint density at radius 2 is 2.12 bits per heavy atom. The van der Waals surface area contributed by atoms with Crippen LogP contribution in [0.3, 0.4) is 0 Å². The highest BCUT2D eigenvalue weighted by Crippen LogP contribution is 2.40. The summed E-state index contributed by atoms with van der Waals surface area (Å²) in [6.07, 6.45) is 2.71. The van der Waals surface area contributed by atoms with E-state index in [4.69, 9.17) is 0 Å². The molecule has 1 aromatic carbocycles. The maximum atomic E-state index is 9.18. The molecule has 2 nitrogen and oxygen atoms in total. The van der Waals surface area contributed by atoms with Crippen molar-refractivity contribution in [1.29, 1.82) is 0 Å². The number of aliphatic hydroxyl groups excluding tert-OH is 1. The fourth-order valence-electron chi connectivity index (χ4n) is 1.97. The number of aliphatic hydroxyl groups is 1. The lowest BCUT2D eigenvalue weighted by Gasteiger charge is -2.22. The first-order chi connectivity index (χ1) is 8.11. The van der Waals surface area contributed by atoms with Gasteiger partial charge in [0.25, 0.3) is 0 Å². The molecule has 0 bridgehead atoms. The van der Waals surface area contributed by atoms with E-state index >= 15 is 0 Å². The minimum atomic E-state index is -0.0336. The Balaban J connectivity index is 1.84. The van der Waals surface area contributed by atoms with Crippen LogP contribution in [0.1, 0.15) is 43.7 Å². The van der Waals surface area contributed by atoms with Crippen molar-refractivity contribution >= 4 is 0 Å². The monoisotopic (exact) mass is 233 g/mol. The van der Waals surface area contributed by atoms with Gasteiger partial charge >= 0.3 is 0 Å². The van der Waals surface area contributed by atoms with Crippen LogP contribution in [-0.2, 0) is 6.54 Å². The molecular formula is C15H23NO. The molecule has 1 saturated carbocycles. The minimum Gasteiger partial charge on any atom is -0.396 e. The number of hydrogen-bond donors (Lipinski definition) is 2. The molecule has 1 aliphatic rings. The summed E-state index contributed by atoms with van der Waals surface area (Å²) >= 11 is 0. The van der Waals surface area contributed by atoms with E-state index in [1.165, 1.54) is 24.0 Å². The molecule has 2 heteroatoms. The van der Waals surface area contributed by atoms with Gasteiger partial charge in [-0.25, -0.2) is 0 Å².